The summed E-state index contributed by atoms with van der Waals surface area (Å²) < 4.78 is 0. The first-order valence-electron chi connectivity index (χ1n) is 5.90. The van der Waals surface area contributed by atoms with Crippen LogP contribution in [0.15, 0.2) is 29.6 Å². The molecular weight excluding hydrogens is 252 g/mol. The summed E-state index contributed by atoms with van der Waals surface area (Å²) in [6, 6.07) is 5.80. The van der Waals surface area contributed by atoms with Crippen LogP contribution in [0.2, 0.25) is 5.02 Å². The van der Waals surface area contributed by atoms with Crippen molar-refractivity contribution in [2.24, 2.45) is 0 Å². The van der Waals surface area contributed by atoms with Crippen LogP contribution in [-0.2, 0) is 0 Å². The Labute approximate surface area is 110 Å². The highest BCUT2D eigenvalue weighted by molar-refractivity contribution is 8.00. The van der Waals surface area contributed by atoms with Gasteiger partial charge in [-0.3, -0.25) is 0 Å². The Kier molecular flexibility index (Phi) is 3.21. The normalized spacial score (nSPS) is 16.8. The molecule has 0 saturated heterocycles. The smallest absolute Gasteiger partial charge is 0.117 e. The predicted molar refractivity (Wildman–Crippen MR) is 72.7 cm³/mol. The molecule has 88 valence electrons. The van der Waals surface area contributed by atoms with E-state index >= 15 is 0 Å². The number of hydrogen-bond donors (Lipinski definition) is 0. The Morgan fingerprint density at radius 2 is 2.00 bits per heavy atom. The number of nitrogens with zero attached hydrogens (tertiary/aromatic N) is 2. The first-order valence-corrected chi connectivity index (χ1v) is 7.15. The molecule has 0 N–H and O–H groups in total. The summed E-state index contributed by atoms with van der Waals surface area (Å²) in [6.45, 7) is 0. The molecule has 0 bridgehead atoms. The lowest BCUT2D eigenvalue weighted by Gasteiger charge is -2.09. The van der Waals surface area contributed by atoms with Crippen LogP contribution in [0.1, 0.15) is 25.7 Å². The second kappa shape index (κ2) is 4.83. The number of fused-ring (bicyclic) bond motifs is 1. The molecule has 2 aromatic rings. The fourth-order valence-corrected chi connectivity index (χ4v) is 3.72. The lowest BCUT2D eigenvalue weighted by Crippen LogP contribution is -1.96. The summed E-state index contributed by atoms with van der Waals surface area (Å²) in [5.41, 5.74) is 0.977. The summed E-state index contributed by atoms with van der Waals surface area (Å²) in [7, 11) is 0. The van der Waals surface area contributed by atoms with E-state index in [0.717, 1.165) is 21.0 Å². The molecule has 1 heterocycles. The van der Waals surface area contributed by atoms with Gasteiger partial charge in [-0.25, -0.2) is 9.97 Å². The number of benzene rings is 1. The first kappa shape index (κ1) is 11.3. The van der Waals surface area contributed by atoms with Gasteiger partial charge >= 0.3 is 0 Å². The topological polar surface area (TPSA) is 25.8 Å². The van der Waals surface area contributed by atoms with Crippen molar-refractivity contribution < 1.29 is 0 Å². The standard InChI is InChI=1S/C13H13ClN2S/c14-9-5-6-12-11(7-9)13(16-8-15-12)17-10-3-1-2-4-10/h5-8,10H,1-4H2. The van der Waals surface area contributed by atoms with Gasteiger partial charge in [-0.05, 0) is 31.0 Å². The maximum Gasteiger partial charge on any atom is 0.117 e. The lowest BCUT2D eigenvalue weighted by molar-refractivity contribution is 0.886. The molecule has 1 fully saturated rings. The fraction of sp³-hybridized carbons (Fsp3) is 0.385. The van der Waals surface area contributed by atoms with Crippen LogP contribution in [0.4, 0.5) is 0 Å². The van der Waals surface area contributed by atoms with Crippen molar-refractivity contribution >= 4 is 34.3 Å². The number of hydrogen-bond acceptors (Lipinski definition) is 3. The van der Waals surface area contributed by atoms with E-state index in [4.69, 9.17) is 11.6 Å². The Hall–Kier alpha value is -0.800. The molecule has 1 aliphatic rings. The monoisotopic (exact) mass is 264 g/mol. The molecule has 0 spiro atoms. The van der Waals surface area contributed by atoms with Gasteiger partial charge < -0.3 is 0 Å². The van der Waals surface area contributed by atoms with E-state index in [9.17, 15) is 0 Å². The van der Waals surface area contributed by atoms with Crippen LogP contribution < -0.4 is 0 Å². The van der Waals surface area contributed by atoms with E-state index in [1.165, 1.54) is 25.7 Å². The molecule has 0 aliphatic heterocycles. The second-order valence-electron chi connectivity index (χ2n) is 4.36. The highest BCUT2D eigenvalue weighted by Gasteiger charge is 2.18. The van der Waals surface area contributed by atoms with Crippen molar-refractivity contribution in [3.8, 4) is 0 Å². The van der Waals surface area contributed by atoms with Gasteiger partial charge in [0.25, 0.3) is 0 Å². The van der Waals surface area contributed by atoms with Crippen molar-refractivity contribution in [1.29, 1.82) is 0 Å². The van der Waals surface area contributed by atoms with E-state index in [0.29, 0.717) is 5.25 Å². The van der Waals surface area contributed by atoms with E-state index in [1.54, 1.807) is 6.33 Å². The van der Waals surface area contributed by atoms with Crippen molar-refractivity contribution in [2.75, 3.05) is 0 Å². The predicted octanol–water partition coefficient (Wildman–Crippen LogP) is 4.32. The van der Waals surface area contributed by atoms with Crippen LogP contribution in [0.3, 0.4) is 0 Å². The maximum absolute atomic E-state index is 6.04. The fourth-order valence-electron chi connectivity index (χ4n) is 2.26. The highest BCUT2D eigenvalue weighted by atomic mass is 35.5. The third kappa shape index (κ3) is 2.40. The summed E-state index contributed by atoms with van der Waals surface area (Å²) >= 11 is 7.92. The van der Waals surface area contributed by atoms with Gasteiger partial charge in [-0.2, -0.15) is 0 Å². The van der Waals surface area contributed by atoms with Crippen molar-refractivity contribution in [1.82, 2.24) is 9.97 Å². The summed E-state index contributed by atoms with van der Waals surface area (Å²) in [6.07, 6.45) is 6.95. The molecule has 4 heteroatoms. The SMILES string of the molecule is Clc1ccc2ncnc(SC3CCCC3)c2c1. The summed E-state index contributed by atoms with van der Waals surface area (Å²) in [5.74, 6) is 0. The molecule has 0 radical (unpaired) electrons. The van der Waals surface area contributed by atoms with Crippen LogP contribution in [-0.4, -0.2) is 15.2 Å². The van der Waals surface area contributed by atoms with E-state index in [2.05, 4.69) is 9.97 Å². The lowest BCUT2D eigenvalue weighted by atomic mass is 10.2. The molecule has 17 heavy (non-hydrogen) atoms. The van der Waals surface area contributed by atoms with Gasteiger partial charge in [0.05, 0.1) is 5.52 Å². The largest absolute Gasteiger partial charge is 0.236 e. The second-order valence-corrected chi connectivity index (χ2v) is 6.09. The Balaban J connectivity index is 1.99. The molecule has 0 amide bonds. The molecule has 1 aromatic heterocycles. The molecule has 2 nitrogen and oxygen atoms in total. The van der Waals surface area contributed by atoms with Gasteiger partial charge in [0, 0.05) is 15.7 Å². The minimum atomic E-state index is 0.715. The van der Waals surface area contributed by atoms with Gasteiger partial charge in [-0.1, -0.05) is 24.4 Å². The van der Waals surface area contributed by atoms with Gasteiger partial charge in [0.15, 0.2) is 0 Å². The average Bonchev–Trinajstić information content (AvgIpc) is 2.83. The Bertz CT molecular complexity index is 538. The molecule has 1 saturated carbocycles. The number of aromatic nitrogens is 2. The summed E-state index contributed by atoms with van der Waals surface area (Å²) in [5, 5.41) is 3.62. The zero-order valence-electron chi connectivity index (χ0n) is 9.40. The Morgan fingerprint density at radius 1 is 1.18 bits per heavy atom. The molecule has 1 aromatic carbocycles. The van der Waals surface area contributed by atoms with Crippen molar-refractivity contribution in [2.45, 2.75) is 36.0 Å². The minimum Gasteiger partial charge on any atom is -0.236 e. The van der Waals surface area contributed by atoms with Gasteiger partial charge in [-0.15, -0.1) is 11.8 Å². The average molecular weight is 265 g/mol. The number of thioether (sulfide) groups is 1. The van der Waals surface area contributed by atoms with Crippen LogP contribution >= 0.6 is 23.4 Å². The van der Waals surface area contributed by atoms with Crippen LogP contribution in [0.25, 0.3) is 10.9 Å². The van der Waals surface area contributed by atoms with Crippen LogP contribution in [0, 0.1) is 0 Å². The third-order valence-corrected chi connectivity index (χ3v) is 4.73. The first-order chi connectivity index (χ1) is 8.33. The molecule has 0 unspecified atom stereocenters. The van der Waals surface area contributed by atoms with Gasteiger partial charge in [0.1, 0.15) is 11.4 Å². The molecular formula is C13H13ClN2S. The van der Waals surface area contributed by atoms with Crippen molar-refractivity contribution in [3.05, 3.63) is 29.5 Å². The third-order valence-electron chi connectivity index (χ3n) is 3.14. The zero-order valence-corrected chi connectivity index (χ0v) is 11.0. The quantitative estimate of drug-likeness (QED) is 0.756. The molecule has 1 aliphatic carbocycles. The van der Waals surface area contributed by atoms with Crippen LogP contribution in [0.5, 0.6) is 0 Å². The zero-order chi connectivity index (χ0) is 11.7. The highest BCUT2D eigenvalue weighted by Crippen LogP contribution is 2.36. The summed E-state index contributed by atoms with van der Waals surface area (Å²) in [4.78, 5) is 8.68. The van der Waals surface area contributed by atoms with E-state index in [1.807, 2.05) is 30.0 Å². The number of halogens is 1. The van der Waals surface area contributed by atoms with E-state index in [-0.39, 0.29) is 0 Å². The minimum absolute atomic E-state index is 0.715. The van der Waals surface area contributed by atoms with Gasteiger partial charge in [0.2, 0.25) is 0 Å². The molecule has 0 atom stereocenters. The number of rotatable bonds is 2. The maximum atomic E-state index is 6.04. The molecule has 3 rings (SSSR count). The Morgan fingerprint density at radius 3 is 2.82 bits per heavy atom. The van der Waals surface area contributed by atoms with Crippen molar-refractivity contribution in [3.63, 3.8) is 0 Å². The van der Waals surface area contributed by atoms with E-state index < -0.39 is 0 Å².